The minimum Gasteiger partial charge on any atom is -0.389 e. The predicted molar refractivity (Wildman–Crippen MR) is 68.3 cm³/mol. The van der Waals surface area contributed by atoms with Gasteiger partial charge in [-0.05, 0) is 35.9 Å². The molecule has 0 saturated carbocycles. The Labute approximate surface area is 113 Å². The number of nitrogens with zero attached hydrogens (tertiary/aromatic N) is 1. The lowest BCUT2D eigenvalue weighted by atomic mass is 10.2. The molecule has 2 aromatic carbocycles. The molecule has 0 bridgehead atoms. The average Bonchev–Trinajstić information content (AvgIpc) is 2.44. The number of amidine groups is 1. The minimum atomic E-state index is -1.01. The van der Waals surface area contributed by atoms with Gasteiger partial charge in [0.15, 0.2) is 17.5 Å². The standard InChI is InChI=1S/C14H11F3N2O/c15-11-4-1-9(2-5-11)8-20-19-14(18)10-3-6-12(16)13(17)7-10/h1-7H,8H2,(H2,18,19). The van der Waals surface area contributed by atoms with Gasteiger partial charge in [0.25, 0.3) is 0 Å². The molecule has 3 nitrogen and oxygen atoms in total. The monoisotopic (exact) mass is 280 g/mol. The number of halogens is 3. The van der Waals surface area contributed by atoms with Gasteiger partial charge >= 0.3 is 0 Å². The van der Waals surface area contributed by atoms with Crippen LogP contribution in [-0.4, -0.2) is 5.84 Å². The molecule has 20 heavy (non-hydrogen) atoms. The van der Waals surface area contributed by atoms with Crippen LogP contribution in [0.3, 0.4) is 0 Å². The Bertz CT molecular complexity index is 627. The minimum absolute atomic E-state index is 0.0778. The van der Waals surface area contributed by atoms with Crippen LogP contribution in [0.15, 0.2) is 47.6 Å². The van der Waals surface area contributed by atoms with Crippen molar-refractivity contribution < 1.29 is 18.0 Å². The van der Waals surface area contributed by atoms with Gasteiger partial charge in [-0.15, -0.1) is 0 Å². The van der Waals surface area contributed by atoms with E-state index in [4.69, 9.17) is 10.6 Å². The molecule has 0 heterocycles. The van der Waals surface area contributed by atoms with Crippen molar-refractivity contribution in [1.82, 2.24) is 0 Å². The van der Waals surface area contributed by atoms with Crippen LogP contribution >= 0.6 is 0 Å². The van der Waals surface area contributed by atoms with Gasteiger partial charge in [0.05, 0.1) is 0 Å². The lowest BCUT2D eigenvalue weighted by Gasteiger charge is -2.03. The van der Waals surface area contributed by atoms with E-state index in [1.165, 1.54) is 18.2 Å². The number of benzene rings is 2. The summed E-state index contributed by atoms with van der Waals surface area (Å²) in [6.07, 6.45) is 0. The maximum Gasteiger partial charge on any atom is 0.170 e. The first-order valence-corrected chi connectivity index (χ1v) is 5.71. The average molecular weight is 280 g/mol. The maximum absolute atomic E-state index is 13.0. The van der Waals surface area contributed by atoms with Gasteiger partial charge in [-0.1, -0.05) is 17.3 Å². The van der Waals surface area contributed by atoms with E-state index < -0.39 is 11.6 Å². The smallest absolute Gasteiger partial charge is 0.170 e. The summed E-state index contributed by atoms with van der Waals surface area (Å²) in [5.74, 6) is -2.41. The predicted octanol–water partition coefficient (Wildman–Crippen LogP) is 2.94. The van der Waals surface area contributed by atoms with Crippen molar-refractivity contribution in [2.75, 3.05) is 0 Å². The van der Waals surface area contributed by atoms with Crippen LogP contribution in [0.1, 0.15) is 11.1 Å². The fourth-order valence-electron chi connectivity index (χ4n) is 1.47. The Morgan fingerprint density at radius 2 is 1.70 bits per heavy atom. The molecule has 2 aromatic rings. The van der Waals surface area contributed by atoms with Crippen LogP contribution in [0.5, 0.6) is 0 Å². The number of nitrogens with two attached hydrogens (primary N) is 1. The molecular weight excluding hydrogens is 269 g/mol. The summed E-state index contributed by atoms with van der Waals surface area (Å²) in [6.45, 7) is 0.0880. The zero-order valence-electron chi connectivity index (χ0n) is 10.3. The molecule has 2 N–H and O–H groups in total. The van der Waals surface area contributed by atoms with Crippen molar-refractivity contribution >= 4 is 5.84 Å². The summed E-state index contributed by atoms with van der Waals surface area (Å²) in [5.41, 5.74) is 6.49. The molecule has 0 radical (unpaired) electrons. The second-order valence-electron chi connectivity index (χ2n) is 4.01. The highest BCUT2D eigenvalue weighted by molar-refractivity contribution is 5.97. The van der Waals surface area contributed by atoms with Gasteiger partial charge in [0.1, 0.15) is 12.4 Å². The summed E-state index contributed by atoms with van der Waals surface area (Å²) in [4.78, 5) is 4.97. The van der Waals surface area contributed by atoms with Crippen molar-refractivity contribution in [2.45, 2.75) is 6.61 Å². The molecule has 0 aromatic heterocycles. The fourth-order valence-corrected chi connectivity index (χ4v) is 1.47. The number of hydrogen-bond donors (Lipinski definition) is 1. The van der Waals surface area contributed by atoms with Crippen LogP contribution in [0, 0.1) is 17.5 Å². The Kier molecular flexibility index (Phi) is 4.24. The Balaban J connectivity index is 2.00. The SMILES string of the molecule is N/C(=N/OCc1ccc(F)cc1)c1ccc(F)c(F)c1. The van der Waals surface area contributed by atoms with Crippen molar-refractivity contribution in [3.63, 3.8) is 0 Å². The molecule has 104 valence electrons. The summed E-state index contributed by atoms with van der Waals surface area (Å²) in [5, 5.41) is 3.59. The van der Waals surface area contributed by atoms with Crippen LogP contribution in [0.2, 0.25) is 0 Å². The number of oxime groups is 1. The van der Waals surface area contributed by atoms with Crippen LogP contribution < -0.4 is 5.73 Å². The van der Waals surface area contributed by atoms with E-state index in [1.807, 2.05) is 0 Å². The van der Waals surface area contributed by atoms with E-state index in [-0.39, 0.29) is 23.8 Å². The first-order valence-electron chi connectivity index (χ1n) is 5.71. The zero-order valence-corrected chi connectivity index (χ0v) is 10.3. The summed E-state index contributed by atoms with van der Waals surface area (Å²) in [7, 11) is 0. The van der Waals surface area contributed by atoms with Gasteiger partial charge in [-0.3, -0.25) is 0 Å². The lowest BCUT2D eigenvalue weighted by molar-refractivity contribution is 0.130. The van der Waals surface area contributed by atoms with E-state index in [2.05, 4.69) is 5.16 Å². The van der Waals surface area contributed by atoms with Crippen molar-refractivity contribution in [3.05, 3.63) is 71.0 Å². The topological polar surface area (TPSA) is 47.6 Å². The summed E-state index contributed by atoms with van der Waals surface area (Å²) >= 11 is 0. The summed E-state index contributed by atoms with van der Waals surface area (Å²) in [6, 6.07) is 8.83. The van der Waals surface area contributed by atoms with E-state index in [1.54, 1.807) is 12.1 Å². The van der Waals surface area contributed by atoms with Gasteiger partial charge in [-0.2, -0.15) is 0 Å². The molecule has 2 rings (SSSR count). The van der Waals surface area contributed by atoms with E-state index in [0.717, 1.165) is 12.1 Å². The molecule has 0 aliphatic rings. The van der Waals surface area contributed by atoms with Crippen molar-refractivity contribution in [3.8, 4) is 0 Å². The highest BCUT2D eigenvalue weighted by atomic mass is 19.2. The van der Waals surface area contributed by atoms with E-state index in [0.29, 0.717) is 5.56 Å². The first-order chi connectivity index (χ1) is 9.56. The molecule has 0 aliphatic heterocycles. The van der Waals surface area contributed by atoms with Gasteiger partial charge in [-0.25, -0.2) is 13.2 Å². The van der Waals surface area contributed by atoms with Gasteiger partial charge in [0, 0.05) is 5.56 Å². The molecule has 0 atom stereocenters. The molecular formula is C14H11F3N2O. The largest absolute Gasteiger partial charge is 0.389 e. The first kappa shape index (κ1) is 13.9. The molecule has 6 heteroatoms. The number of rotatable bonds is 4. The van der Waals surface area contributed by atoms with Crippen LogP contribution in [0.4, 0.5) is 13.2 Å². The molecule has 0 spiro atoms. The Morgan fingerprint density at radius 3 is 2.35 bits per heavy atom. The lowest BCUT2D eigenvalue weighted by Crippen LogP contribution is -2.14. The maximum atomic E-state index is 13.0. The quantitative estimate of drug-likeness (QED) is 0.532. The van der Waals surface area contributed by atoms with Crippen LogP contribution in [-0.2, 0) is 11.4 Å². The van der Waals surface area contributed by atoms with Crippen molar-refractivity contribution in [2.24, 2.45) is 10.9 Å². The molecule has 0 aliphatic carbocycles. The molecule has 0 amide bonds. The van der Waals surface area contributed by atoms with Crippen molar-refractivity contribution in [1.29, 1.82) is 0 Å². The van der Waals surface area contributed by atoms with Gasteiger partial charge in [0.2, 0.25) is 0 Å². The third-order valence-electron chi connectivity index (χ3n) is 2.52. The second kappa shape index (κ2) is 6.10. The number of hydrogen-bond acceptors (Lipinski definition) is 2. The zero-order chi connectivity index (χ0) is 14.5. The Hall–Kier alpha value is -2.50. The van der Waals surface area contributed by atoms with E-state index in [9.17, 15) is 13.2 Å². The second-order valence-corrected chi connectivity index (χ2v) is 4.01. The fraction of sp³-hybridized carbons (Fsp3) is 0.0714. The third-order valence-corrected chi connectivity index (χ3v) is 2.52. The Morgan fingerprint density at radius 1 is 1.00 bits per heavy atom. The molecule has 0 fully saturated rings. The highest BCUT2D eigenvalue weighted by Crippen LogP contribution is 2.09. The summed E-state index contributed by atoms with van der Waals surface area (Å²) < 4.78 is 38.4. The highest BCUT2D eigenvalue weighted by Gasteiger charge is 2.05. The molecule has 0 unspecified atom stereocenters. The molecule has 0 saturated heterocycles. The third kappa shape index (κ3) is 3.50. The van der Waals surface area contributed by atoms with Gasteiger partial charge < -0.3 is 10.6 Å². The van der Waals surface area contributed by atoms with Crippen LogP contribution in [0.25, 0.3) is 0 Å². The van der Waals surface area contributed by atoms with E-state index >= 15 is 0 Å². The normalized spacial score (nSPS) is 11.4.